The molecule has 0 bridgehead atoms. The Labute approximate surface area is 185 Å². The highest BCUT2D eigenvalue weighted by molar-refractivity contribution is 7.99. The summed E-state index contributed by atoms with van der Waals surface area (Å²) >= 11 is 1.31. The molecule has 3 rings (SSSR count). The van der Waals surface area contributed by atoms with E-state index in [-0.39, 0.29) is 24.6 Å². The van der Waals surface area contributed by atoms with Gasteiger partial charge in [0.1, 0.15) is 0 Å². The van der Waals surface area contributed by atoms with Crippen LogP contribution >= 0.6 is 11.8 Å². The molecule has 8 heteroatoms. The summed E-state index contributed by atoms with van der Waals surface area (Å²) in [6.45, 7) is 1.85. The Bertz CT molecular complexity index is 1000. The molecule has 2 aromatic carbocycles. The zero-order valence-corrected chi connectivity index (χ0v) is 18.0. The van der Waals surface area contributed by atoms with Crippen LogP contribution in [0.1, 0.15) is 18.9 Å². The molecule has 7 nitrogen and oxygen atoms in total. The number of thioether (sulfide) groups is 1. The fourth-order valence-electron chi connectivity index (χ4n) is 3.27. The zero-order chi connectivity index (χ0) is 22.2. The molecule has 160 valence electrons. The largest absolute Gasteiger partial charge is 0.455 e. The second kappa shape index (κ2) is 10.6. The summed E-state index contributed by atoms with van der Waals surface area (Å²) < 4.78 is 5.16. The summed E-state index contributed by atoms with van der Waals surface area (Å²) in [6.07, 6.45) is 0.969. The van der Waals surface area contributed by atoms with Gasteiger partial charge in [-0.05, 0) is 36.2 Å². The van der Waals surface area contributed by atoms with E-state index in [1.807, 2.05) is 36.4 Å². The number of nitrogens with zero attached hydrogens (tertiary/aromatic N) is 2. The number of ether oxygens (including phenoxy) is 1. The minimum atomic E-state index is -0.607. The lowest BCUT2D eigenvalue weighted by atomic mass is 10.1. The highest BCUT2D eigenvalue weighted by Gasteiger charge is 2.36. The van der Waals surface area contributed by atoms with Gasteiger partial charge in [0.05, 0.1) is 23.4 Å². The number of hydrogen-bond acceptors (Lipinski definition) is 6. The van der Waals surface area contributed by atoms with E-state index < -0.39 is 24.4 Å². The highest BCUT2D eigenvalue weighted by Crippen LogP contribution is 2.27. The van der Waals surface area contributed by atoms with Crippen molar-refractivity contribution in [3.8, 4) is 6.07 Å². The molecule has 1 saturated heterocycles. The number of carbonyl (C=O) groups is 3. The molecule has 0 radical (unpaired) electrons. The molecule has 1 N–H and O–H groups in total. The van der Waals surface area contributed by atoms with Crippen molar-refractivity contribution in [1.29, 1.82) is 5.26 Å². The van der Waals surface area contributed by atoms with Crippen LogP contribution in [0.5, 0.6) is 0 Å². The smallest absolute Gasteiger partial charge is 0.311 e. The van der Waals surface area contributed by atoms with Crippen molar-refractivity contribution in [2.45, 2.75) is 24.7 Å². The number of para-hydroxylation sites is 1. The number of carbonyl (C=O) groups excluding carboxylic acids is 3. The maximum atomic E-state index is 12.4. The first kappa shape index (κ1) is 22.4. The third-order valence-corrected chi connectivity index (χ3v) is 5.85. The first-order chi connectivity index (χ1) is 15.0. The van der Waals surface area contributed by atoms with Crippen LogP contribution in [0.15, 0.2) is 53.4 Å². The third-order valence-electron chi connectivity index (χ3n) is 4.91. The summed E-state index contributed by atoms with van der Waals surface area (Å²) in [5.41, 5.74) is 2.48. The van der Waals surface area contributed by atoms with Crippen molar-refractivity contribution in [2.75, 3.05) is 29.1 Å². The van der Waals surface area contributed by atoms with Gasteiger partial charge in [-0.2, -0.15) is 5.26 Å². The predicted octanol–water partition coefficient (Wildman–Crippen LogP) is 3.40. The van der Waals surface area contributed by atoms with Crippen LogP contribution < -0.4 is 10.2 Å². The average molecular weight is 438 g/mol. The molecule has 0 aromatic heterocycles. The molecule has 2 aromatic rings. The number of nitrogens with one attached hydrogen (secondary N) is 1. The molecule has 31 heavy (non-hydrogen) atoms. The zero-order valence-electron chi connectivity index (χ0n) is 17.2. The quantitative estimate of drug-likeness (QED) is 0.502. The Hall–Kier alpha value is -3.31. The summed E-state index contributed by atoms with van der Waals surface area (Å²) in [5, 5.41) is 11.4. The summed E-state index contributed by atoms with van der Waals surface area (Å²) in [5.74, 6) is -1.53. The number of esters is 1. The number of amides is 2. The van der Waals surface area contributed by atoms with Gasteiger partial charge in [0.15, 0.2) is 6.61 Å². The van der Waals surface area contributed by atoms with Gasteiger partial charge in [-0.1, -0.05) is 31.2 Å². The molecule has 1 aliphatic heterocycles. The number of benzene rings is 2. The second-order valence-electron chi connectivity index (χ2n) is 7.02. The van der Waals surface area contributed by atoms with Crippen molar-refractivity contribution in [1.82, 2.24) is 0 Å². The van der Waals surface area contributed by atoms with Gasteiger partial charge in [0.25, 0.3) is 5.91 Å². The topological polar surface area (TPSA) is 99.5 Å². The maximum absolute atomic E-state index is 12.4. The first-order valence-corrected chi connectivity index (χ1v) is 10.9. The van der Waals surface area contributed by atoms with Crippen LogP contribution in [0.3, 0.4) is 0 Å². The normalized spacial score (nSPS) is 15.4. The van der Waals surface area contributed by atoms with Crippen molar-refractivity contribution in [3.05, 3.63) is 54.1 Å². The van der Waals surface area contributed by atoms with E-state index in [4.69, 9.17) is 10.00 Å². The minimum Gasteiger partial charge on any atom is -0.455 e. The molecular formula is C23H23N3O4S. The Morgan fingerprint density at radius 2 is 1.97 bits per heavy atom. The van der Waals surface area contributed by atoms with Crippen molar-refractivity contribution in [3.63, 3.8) is 0 Å². The van der Waals surface area contributed by atoms with Crippen LogP contribution in [-0.4, -0.2) is 36.7 Å². The van der Waals surface area contributed by atoms with Gasteiger partial charge in [0, 0.05) is 23.5 Å². The summed E-state index contributed by atoms with van der Waals surface area (Å²) in [6, 6.07) is 16.8. The average Bonchev–Trinajstić information content (AvgIpc) is 3.18. The van der Waals surface area contributed by atoms with Gasteiger partial charge in [-0.3, -0.25) is 14.4 Å². The number of anilines is 2. The van der Waals surface area contributed by atoms with Crippen molar-refractivity contribution in [2.24, 2.45) is 5.92 Å². The van der Waals surface area contributed by atoms with Gasteiger partial charge in [-0.25, -0.2) is 0 Å². The molecule has 0 spiro atoms. The summed E-state index contributed by atoms with van der Waals surface area (Å²) in [7, 11) is 0. The number of aryl methyl sites for hydroxylation is 1. The Kier molecular flexibility index (Phi) is 7.68. The van der Waals surface area contributed by atoms with E-state index in [1.54, 1.807) is 23.1 Å². The fourth-order valence-corrected chi connectivity index (χ4v) is 3.94. The monoisotopic (exact) mass is 437 g/mol. The van der Waals surface area contributed by atoms with Crippen LogP contribution in [0.25, 0.3) is 0 Å². The molecule has 0 saturated carbocycles. The van der Waals surface area contributed by atoms with Gasteiger partial charge in [0.2, 0.25) is 5.91 Å². The lowest BCUT2D eigenvalue weighted by Gasteiger charge is -2.17. The third kappa shape index (κ3) is 5.86. The number of hydrogen-bond donors (Lipinski definition) is 1. The van der Waals surface area contributed by atoms with E-state index in [0.717, 1.165) is 17.0 Å². The van der Waals surface area contributed by atoms with E-state index in [0.29, 0.717) is 5.69 Å². The Morgan fingerprint density at radius 3 is 2.68 bits per heavy atom. The Morgan fingerprint density at radius 1 is 1.23 bits per heavy atom. The molecule has 1 atom stereocenters. The minimum absolute atomic E-state index is 0.0591. The summed E-state index contributed by atoms with van der Waals surface area (Å²) in [4.78, 5) is 39.3. The van der Waals surface area contributed by atoms with Crippen molar-refractivity contribution < 1.29 is 19.1 Å². The van der Waals surface area contributed by atoms with Gasteiger partial charge in [-0.15, -0.1) is 11.8 Å². The van der Waals surface area contributed by atoms with Crippen LogP contribution in [0, 0.1) is 17.2 Å². The van der Waals surface area contributed by atoms with Gasteiger partial charge >= 0.3 is 5.97 Å². The van der Waals surface area contributed by atoms with Crippen molar-refractivity contribution >= 4 is 40.9 Å². The molecule has 0 aliphatic carbocycles. The maximum Gasteiger partial charge on any atom is 0.311 e. The van der Waals surface area contributed by atoms with E-state index in [9.17, 15) is 14.4 Å². The molecule has 1 heterocycles. The number of rotatable bonds is 8. The second-order valence-corrected chi connectivity index (χ2v) is 8.04. The van der Waals surface area contributed by atoms with Crippen LogP contribution in [0.4, 0.5) is 11.4 Å². The van der Waals surface area contributed by atoms with E-state index in [2.05, 4.69) is 12.2 Å². The van der Waals surface area contributed by atoms with E-state index >= 15 is 0 Å². The fraction of sp³-hybridized carbons (Fsp3) is 0.304. The molecule has 1 unspecified atom stereocenters. The standard InChI is InChI=1S/C23H23N3O4S/c1-2-16-7-9-18(10-8-16)26-14-17(13-22(26)28)23(29)30-15-21(27)25-19-5-3-4-6-20(19)31-12-11-24/h3-10,17H,2,12-15H2,1H3,(H,25,27). The molecular weight excluding hydrogens is 414 g/mol. The lowest BCUT2D eigenvalue weighted by molar-refractivity contribution is -0.151. The number of nitriles is 1. The first-order valence-electron chi connectivity index (χ1n) is 9.96. The molecule has 1 aliphatic rings. The predicted molar refractivity (Wildman–Crippen MR) is 119 cm³/mol. The van der Waals surface area contributed by atoms with Gasteiger partial charge < -0.3 is 15.0 Å². The van der Waals surface area contributed by atoms with Crippen LogP contribution in [0.2, 0.25) is 0 Å². The Balaban J connectivity index is 1.52. The SMILES string of the molecule is CCc1ccc(N2CC(C(=O)OCC(=O)Nc3ccccc3SCC#N)CC2=O)cc1. The lowest BCUT2D eigenvalue weighted by Crippen LogP contribution is -2.28. The molecule has 1 fully saturated rings. The van der Waals surface area contributed by atoms with Crippen LogP contribution in [-0.2, 0) is 25.5 Å². The van der Waals surface area contributed by atoms with E-state index in [1.165, 1.54) is 17.3 Å². The molecule has 2 amide bonds. The highest BCUT2D eigenvalue weighted by atomic mass is 32.2.